The van der Waals surface area contributed by atoms with Crippen LogP contribution >= 0.6 is 0 Å². The lowest BCUT2D eigenvalue weighted by molar-refractivity contribution is 0.0504. The summed E-state index contributed by atoms with van der Waals surface area (Å²) < 4.78 is 5.42. The van der Waals surface area contributed by atoms with Crippen molar-refractivity contribution >= 4 is 17.8 Å². The van der Waals surface area contributed by atoms with Gasteiger partial charge in [-0.1, -0.05) is 34.6 Å². The van der Waals surface area contributed by atoms with Crippen LogP contribution in [0.2, 0.25) is 0 Å². The molecule has 9 nitrogen and oxygen atoms in total. The second-order valence-electron chi connectivity index (χ2n) is 10.0. The van der Waals surface area contributed by atoms with Crippen molar-refractivity contribution in [2.45, 2.75) is 65.5 Å². The molecule has 1 atom stereocenters. The van der Waals surface area contributed by atoms with E-state index in [0.717, 1.165) is 18.6 Å². The third kappa shape index (κ3) is 6.24. The predicted molar refractivity (Wildman–Crippen MR) is 125 cm³/mol. The van der Waals surface area contributed by atoms with E-state index in [9.17, 15) is 14.7 Å². The SMILES string of the molecule is CC(C)CN(C(=O)c1cnc(C(C)(C)C)nc1NCc1ccco1)[C@H]1CCCN(C(=O)O)C1. The number of carbonyl (C=O) groups excluding carboxylic acids is 1. The number of carbonyl (C=O) groups is 2. The van der Waals surface area contributed by atoms with E-state index in [-0.39, 0.29) is 23.3 Å². The molecular weight excluding hydrogens is 422 g/mol. The summed E-state index contributed by atoms with van der Waals surface area (Å²) in [4.78, 5) is 37.8. The Balaban J connectivity index is 1.94. The van der Waals surface area contributed by atoms with Gasteiger partial charge in [-0.05, 0) is 30.9 Å². The minimum Gasteiger partial charge on any atom is -0.467 e. The second kappa shape index (κ2) is 10.2. The van der Waals surface area contributed by atoms with Crippen LogP contribution in [0.5, 0.6) is 0 Å². The van der Waals surface area contributed by atoms with Crippen molar-refractivity contribution < 1.29 is 19.1 Å². The smallest absolute Gasteiger partial charge is 0.407 e. The number of hydrogen-bond donors (Lipinski definition) is 2. The van der Waals surface area contributed by atoms with Gasteiger partial charge in [0.2, 0.25) is 0 Å². The van der Waals surface area contributed by atoms with E-state index in [1.165, 1.54) is 4.90 Å². The summed E-state index contributed by atoms with van der Waals surface area (Å²) in [6, 6.07) is 3.48. The minimum atomic E-state index is -0.949. The van der Waals surface area contributed by atoms with Gasteiger partial charge in [-0.15, -0.1) is 0 Å². The molecule has 180 valence electrons. The normalized spacial score (nSPS) is 16.7. The maximum absolute atomic E-state index is 13.8. The third-order valence-electron chi connectivity index (χ3n) is 5.63. The van der Waals surface area contributed by atoms with E-state index in [0.29, 0.717) is 43.4 Å². The Morgan fingerprint density at radius 1 is 1.36 bits per heavy atom. The molecule has 3 rings (SSSR count). The zero-order valence-corrected chi connectivity index (χ0v) is 20.2. The van der Waals surface area contributed by atoms with Gasteiger partial charge in [-0.2, -0.15) is 0 Å². The summed E-state index contributed by atoms with van der Waals surface area (Å²) in [5.41, 5.74) is 0.0914. The summed E-state index contributed by atoms with van der Waals surface area (Å²) >= 11 is 0. The van der Waals surface area contributed by atoms with E-state index in [1.807, 2.05) is 46.8 Å². The first kappa shape index (κ1) is 24.5. The van der Waals surface area contributed by atoms with Crippen LogP contribution in [0.25, 0.3) is 0 Å². The van der Waals surface area contributed by atoms with Crippen LogP contribution in [-0.4, -0.2) is 62.6 Å². The minimum absolute atomic E-state index is 0.190. The van der Waals surface area contributed by atoms with E-state index >= 15 is 0 Å². The van der Waals surface area contributed by atoms with Crippen LogP contribution in [0, 0.1) is 5.92 Å². The van der Waals surface area contributed by atoms with Gasteiger partial charge in [0.15, 0.2) is 0 Å². The summed E-state index contributed by atoms with van der Waals surface area (Å²) in [5.74, 6) is 1.85. The Morgan fingerprint density at radius 3 is 2.73 bits per heavy atom. The van der Waals surface area contributed by atoms with Gasteiger partial charge in [0, 0.05) is 37.3 Å². The van der Waals surface area contributed by atoms with Crippen LogP contribution < -0.4 is 5.32 Å². The molecule has 2 aromatic rings. The third-order valence-corrected chi connectivity index (χ3v) is 5.63. The lowest BCUT2D eigenvalue weighted by atomic mass is 9.95. The molecule has 9 heteroatoms. The van der Waals surface area contributed by atoms with Gasteiger partial charge in [0.1, 0.15) is 23.0 Å². The molecule has 1 aliphatic heterocycles. The molecule has 2 aromatic heterocycles. The molecular formula is C24H35N5O4. The van der Waals surface area contributed by atoms with Crippen molar-refractivity contribution in [3.63, 3.8) is 0 Å². The van der Waals surface area contributed by atoms with Gasteiger partial charge in [0.05, 0.1) is 12.8 Å². The molecule has 0 radical (unpaired) electrons. The fourth-order valence-electron chi connectivity index (χ4n) is 3.95. The molecule has 1 fully saturated rings. The highest BCUT2D eigenvalue weighted by molar-refractivity contribution is 5.98. The fraction of sp³-hybridized carbons (Fsp3) is 0.583. The van der Waals surface area contributed by atoms with E-state index in [1.54, 1.807) is 17.4 Å². The average Bonchev–Trinajstić information content (AvgIpc) is 3.28. The predicted octanol–water partition coefficient (Wildman–Crippen LogP) is 4.22. The summed E-state index contributed by atoms with van der Waals surface area (Å²) in [6.45, 7) is 11.9. The van der Waals surface area contributed by atoms with E-state index in [4.69, 9.17) is 9.40 Å². The molecule has 0 bridgehead atoms. The van der Waals surface area contributed by atoms with Gasteiger partial charge in [-0.3, -0.25) is 4.79 Å². The molecule has 0 aromatic carbocycles. The van der Waals surface area contributed by atoms with E-state index < -0.39 is 6.09 Å². The second-order valence-corrected chi connectivity index (χ2v) is 10.0. The first-order chi connectivity index (χ1) is 15.6. The lowest BCUT2D eigenvalue weighted by Gasteiger charge is -2.39. The number of nitrogens with one attached hydrogen (secondary N) is 1. The zero-order chi connectivity index (χ0) is 24.2. The first-order valence-electron chi connectivity index (χ1n) is 11.5. The summed E-state index contributed by atoms with van der Waals surface area (Å²) in [5, 5.41) is 12.7. The van der Waals surface area contributed by atoms with Crippen molar-refractivity contribution in [3.8, 4) is 0 Å². The van der Waals surface area contributed by atoms with Crippen LogP contribution in [0.15, 0.2) is 29.0 Å². The van der Waals surface area contributed by atoms with E-state index in [2.05, 4.69) is 10.3 Å². The summed E-state index contributed by atoms with van der Waals surface area (Å²) in [7, 11) is 0. The molecule has 1 aliphatic rings. The molecule has 0 aliphatic carbocycles. The number of carboxylic acid groups (broad SMARTS) is 1. The van der Waals surface area contributed by atoms with Crippen molar-refractivity contribution in [1.29, 1.82) is 0 Å². The fourth-order valence-corrected chi connectivity index (χ4v) is 3.95. The topological polar surface area (TPSA) is 112 Å². The maximum atomic E-state index is 13.8. The highest BCUT2D eigenvalue weighted by Gasteiger charge is 2.33. The molecule has 0 saturated carbocycles. The van der Waals surface area contributed by atoms with Crippen molar-refractivity contribution in [1.82, 2.24) is 19.8 Å². The van der Waals surface area contributed by atoms with Crippen molar-refractivity contribution in [2.75, 3.05) is 25.0 Å². The Hall–Kier alpha value is -3.10. The molecule has 3 heterocycles. The van der Waals surface area contributed by atoms with Gasteiger partial charge < -0.3 is 24.6 Å². The molecule has 0 spiro atoms. The lowest BCUT2D eigenvalue weighted by Crippen LogP contribution is -2.52. The molecule has 2 N–H and O–H groups in total. The Labute approximate surface area is 195 Å². The molecule has 33 heavy (non-hydrogen) atoms. The molecule has 0 unspecified atom stereocenters. The largest absolute Gasteiger partial charge is 0.467 e. The van der Waals surface area contributed by atoms with Crippen molar-refractivity contribution in [3.05, 3.63) is 41.7 Å². The number of hydrogen-bond acceptors (Lipinski definition) is 6. The van der Waals surface area contributed by atoms with Crippen LogP contribution in [-0.2, 0) is 12.0 Å². The number of likely N-dealkylation sites (tertiary alicyclic amines) is 1. The van der Waals surface area contributed by atoms with Crippen LogP contribution in [0.4, 0.5) is 10.6 Å². The number of furan rings is 1. The molecule has 1 saturated heterocycles. The average molecular weight is 458 g/mol. The number of aromatic nitrogens is 2. The Morgan fingerprint density at radius 2 is 2.12 bits per heavy atom. The van der Waals surface area contributed by atoms with Crippen molar-refractivity contribution in [2.24, 2.45) is 5.92 Å². The Kier molecular flexibility index (Phi) is 7.61. The zero-order valence-electron chi connectivity index (χ0n) is 20.2. The number of nitrogens with zero attached hydrogens (tertiary/aromatic N) is 4. The monoisotopic (exact) mass is 457 g/mol. The number of amides is 2. The standard InChI is InChI=1S/C24H35N5O4/c1-16(2)14-29(17-8-6-10-28(15-17)23(31)32)21(30)19-13-26-22(24(3,4)5)27-20(19)25-12-18-9-7-11-33-18/h7,9,11,13,16-17H,6,8,10,12,14-15H2,1-5H3,(H,31,32)(H,25,26,27)/t17-/m0/s1. The number of piperidine rings is 1. The van der Waals surface area contributed by atoms with Crippen LogP contribution in [0.1, 0.15) is 69.4 Å². The summed E-state index contributed by atoms with van der Waals surface area (Å²) in [6.07, 6.45) is 3.73. The first-order valence-corrected chi connectivity index (χ1v) is 11.5. The number of anilines is 1. The maximum Gasteiger partial charge on any atom is 0.407 e. The van der Waals surface area contributed by atoms with Gasteiger partial charge in [-0.25, -0.2) is 14.8 Å². The quantitative estimate of drug-likeness (QED) is 0.640. The number of rotatable bonds is 7. The Bertz CT molecular complexity index is 952. The highest BCUT2D eigenvalue weighted by Crippen LogP contribution is 2.26. The highest BCUT2D eigenvalue weighted by atomic mass is 16.4. The molecule has 2 amide bonds. The van der Waals surface area contributed by atoms with Gasteiger partial charge >= 0.3 is 6.09 Å². The van der Waals surface area contributed by atoms with Gasteiger partial charge in [0.25, 0.3) is 5.91 Å². The van der Waals surface area contributed by atoms with Crippen LogP contribution in [0.3, 0.4) is 0 Å².